The van der Waals surface area contributed by atoms with E-state index in [4.69, 9.17) is 32.7 Å². The first-order chi connectivity index (χ1) is 17.5. The number of hydrogen-bond donors (Lipinski definition) is 2. The van der Waals surface area contributed by atoms with Gasteiger partial charge >= 0.3 is 0 Å². The standard InChI is InChI=1S/C26H19Cl2N5O3/c1-35-22-11-18(21(28)12-23(22)36-15-17-9-5-6-10-20(17)27)14-30-33-26-31-24(16-7-3-2-4-8-16)19(13-29)25(34)32-26/h2-12,14H,15H2,1H3,(H2,31,32,33,34). The molecule has 0 saturated heterocycles. The largest absolute Gasteiger partial charge is 0.493 e. The van der Waals surface area contributed by atoms with Gasteiger partial charge in [0, 0.05) is 27.8 Å². The molecule has 1 heterocycles. The van der Waals surface area contributed by atoms with Gasteiger partial charge in [0.15, 0.2) is 11.5 Å². The van der Waals surface area contributed by atoms with E-state index in [-0.39, 0.29) is 23.8 Å². The highest BCUT2D eigenvalue weighted by Crippen LogP contribution is 2.33. The fourth-order valence-corrected chi connectivity index (χ4v) is 3.68. The molecule has 10 heteroatoms. The van der Waals surface area contributed by atoms with Crippen molar-refractivity contribution in [1.29, 1.82) is 5.26 Å². The third-order valence-corrected chi connectivity index (χ3v) is 5.77. The molecule has 0 unspecified atom stereocenters. The molecule has 0 aliphatic carbocycles. The number of halogens is 2. The minimum absolute atomic E-state index is 0.0666. The Morgan fingerprint density at radius 2 is 1.83 bits per heavy atom. The van der Waals surface area contributed by atoms with Gasteiger partial charge in [-0.15, -0.1) is 0 Å². The van der Waals surface area contributed by atoms with E-state index in [1.165, 1.54) is 13.3 Å². The molecule has 4 rings (SSSR count). The van der Waals surface area contributed by atoms with Crippen LogP contribution in [0.25, 0.3) is 11.3 Å². The van der Waals surface area contributed by atoms with E-state index in [2.05, 4.69) is 20.5 Å². The van der Waals surface area contributed by atoms with E-state index < -0.39 is 5.56 Å². The van der Waals surface area contributed by atoms with Crippen molar-refractivity contribution in [3.05, 3.63) is 104 Å². The van der Waals surface area contributed by atoms with Crippen LogP contribution in [0.15, 0.2) is 76.6 Å². The normalized spacial score (nSPS) is 10.7. The number of H-pyrrole nitrogens is 1. The second kappa shape index (κ2) is 11.4. The van der Waals surface area contributed by atoms with Crippen molar-refractivity contribution in [2.24, 2.45) is 5.10 Å². The Hall–Kier alpha value is -4.32. The molecular formula is C26H19Cl2N5O3. The lowest BCUT2D eigenvalue weighted by Crippen LogP contribution is -2.16. The number of anilines is 1. The molecule has 0 radical (unpaired) electrons. The van der Waals surface area contributed by atoms with Crippen molar-refractivity contribution in [3.8, 4) is 28.8 Å². The fraction of sp³-hybridized carbons (Fsp3) is 0.0769. The van der Waals surface area contributed by atoms with Gasteiger partial charge in [-0.3, -0.25) is 9.78 Å². The smallest absolute Gasteiger partial charge is 0.270 e. The summed E-state index contributed by atoms with van der Waals surface area (Å²) in [5, 5.41) is 14.5. The lowest BCUT2D eigenvalue weighted by Gasteiger charge is -2.13. The summed E-state index contributed by atoms with van der Waals surface area (Å²) in [5.41, 5.74) is 4.25. The molecule has 0 saturated carbocycles. The summed E-state index contributed by atoms with van der Waals surface area (Å²) in [6.07, 6.45) is 1.45. The fourth-order valence-electron chi connectivity index (χ4n) is 3.29. The van der Waals surface area contributed by atoms with Gasteiger partial charge in [0.05, 0.1) is 24.0 Å². The molecule has 2 N–H and O–H groups in total. The van der Waals surface area contributed by atoms with Crippen molar-refractivity contribution >= 4 is 35.4 Å². The molecule has 0 amide bonds. The number of nitrogens with zero attached hydrogens (tertiary/aromatic N) is 3. The van der Waals surface area contributed by atoms with Crippen LogP contribution in [0.2, 0.25) is 10.0 Å². The average Bonchev–Trinajstić information content (AvgIpc) is 2.89. The molecule has 0 fully saturated rings. The molecule has 8 nitrogen and oxygen atoms in total. The van der Waals surface area contributed by atoms with E-state index in [0.29, 0.717) is 32.7 Å². The van der Waals surface area contributed by atoms with E-state index >= 15 is 0 Å². The Morgan fingerprint density at radius 3 is 2.56 bits per heavy atom. The van der Waals surface area contributed by atoms with Gasteiger partial charge in [-0.2, -0.15) is 10.4 Å². The van der Waals surface area contributed by atoms with Crippen molar-refractivity contribution < 1.29 is 9.47 Å². The second-order valence-electron chi connectivity index (χ2n) is 7.39. The molecule has 0 aliphatic rings. The number of hydrazone groups is 1. The Kier molecular flexibility index (Phi) is 7.85. The van der Waals surface area contributed by atoms with Crippen LogP contribution in [-0.2, 0) is 6.61 Å². The zero-order chi connectivity index (χ0) is 25.5. The summed E-state index contributed by atoms with van der Waals surface area (Å²) in [7, 11) is 1.52. The van der Waals surface area contributed by atoms with Crippen molar-refractivity contribution in [1.82, 2.24) is 9.97 Å². The van der Waals surface area contributed by atoms with Crippen LogP contribution in [0.3, 0.4) is 0 Å². The number of methoxy groups -OCH3 is 1. The average molecular weight is 520 g/mol. The number of nitrogens with one attached hydrogen (secondary N) is 2. The first kappa shape index (κ1) is 24.8. The SMILES string of the molecule is COc1cc(C=NNc2nc(-c3ccccc3)c(C#N)c(=O)[nH]2)c(Cl)cc1OCc1ccccc1Cl. The van der Waals surface area contributed by atoms with E-state index in [0.717, 1.165) is 5.56 Å². The molecule has 0 bridgehead atoms. The summed E-state index contributed by atoms with van der Waals surface area (Å²) < 4.78 is 11.3. The maximum atomic E-state index is 12.4. The van der Waals surface area contributed by atoms with E-state index in [1.54, 1.807) is 42.5 Å². The third kappa shape index (κ3) is 5.66. The second-order valence-corrected chi connectivity index (χ2v) is 8.21. The van der Waals surface area contributed by atoms with Gasteiger partial charge in [0.25, 0.3) is 5.56 Å². The lowest BCUT2D eigenvalue weighted by molar-refractivity contribution is 0.284. The first-order valence-electron chi connectivity index (χ1n) is 10.6. The number of hydrogen-bond acceptors (Lipinski definition) is 7. The number of aromatic amines is 1. The van der Waals surface area contributed by atoms with Gasteiger partial charge in [-0.25, -0.2) is 10.4 Å². The number of aromatic nitrogens is 2. The molecule has 0 aliphatic heterocycles. The summed E-state index contributed by atoms with van der Waals surface area (Å²) in [6, 6.07) is 21.5. The van der Waals surface area contributed by atoms with Crippen LogP contribution in [0.4, 0.5) is 5.95 Å². The number of ether oxygens (including phenoxy) is 2. The minimum Gasteiger partial charge on any atom is -0.493 e. The van der Waals surface area contributed by atoms with Crippen LogP contribution < -0.4 is 20.5 Å². The predicted octanol–water partition coefficient (Wildman–Crippen LogP) is 5.65. The van der Waals surface area contributed by atoms with Crippen LogP contribution in [-0.4, -0.2) is 23.3 Å². The molecule has 36 heavy (non-hydrogen) atoms. The molecule has 3 aromatic carbocycles. The van der Waals surface area contributed by atoms with Gasteiger partial charge < -0.3 is 9.47 Å². The van der Waals surface area contributed by atoms with E-state index in [1.807, 2.05) is 30.3 Å². The molecule has 0 spiro atoms. The van der Waals surface area contributed by atoms with E-state index in [9.17, 15) is 10.1 Å². The van der Waals surface area contributed by atoms with Crippen LogP contribution in [0.5, 0.6) is 11.5 Å². The number of rotatable bonds is 8. The highest BCUT2D eigenvalue weighted by molar-refractivity contribution is 6.33. The lowest BCUT2D eigenvalue weighted by atomic mass is 10.1. The molecule has 4 aromatic rings. The minimum atomic E-state index is -0.580. The first-order valence-corrected chi connectivity index (χ1v) is 11.4. The zero-order valence-corrected chi connectivity index (χ0v) is 20.5. The summed E-state index contributed by atoms with van der Waals surface area (Å²) in [5.74, 6) is 0.958. The molecular weight excluding hydrogens is 501 g/mol. The zero-order valence-electron chi connectivity index (χ0n) is 19.0. The van der Waals surface area contributed by atoms with Crippen LogP contribution in [0.1, 0.15) is 16.7 Å². The Morgan fingerprint density at radius 1 is 1.08 bits per heavy atom. The quantitative estimate of drug-likeness (QED) is 0.229. The third-order valence-electron chi connectivity index (χ3n) is 5.08. The number of benzene rings is 3. The highest BCUT2D eigenvalue weighted by Gasteiger charge is 2.14. The van der Waals surface area contributed by atoms with Crippen molar-refractivity contribution in [2.75, 3.05) is 12.5 Å². The summed E-state index contributed by atoms with van der Waals surface area (Å²) in [6.45, 7) is 0.239. The van der Waals surface area contributed by atoms with Crippen LogP contribution >= 0.6 is 23.2 Å². The highest BCUT2D eigenvalue weighted by atomic mass is 35.5. The summed E-state index contributed by atoms with van der Waals surface area (Å²) >= 11 is 12.6. The Labute approximate surface area is 216 Å². The predicted molar refractivity (Wildman–Crippen MR) is 140 cm³/mol. The summed E-state index contributed by atoms with van der Waals surface area (Å²) in [4.78, 5) is 19.2. The molecule has 1 aromatic heterocycles. The van der Waals surface area contributed by atoms with Crippen molar-refractivity contribution in [3.63, 3.8) is 0 Å². The van der Waals surface area contributed by atoms with Gasteiger partial charge in [0.2, 0.25) is 5.95 Å². The van der Waals surface area contributed by atoms with Gasteiger partial charge in [0.1, 0.15) is 18.2 Å². The van der Waals surface area contributed by atoms with Gasteiger partial charge in [-0.05, 0) is 12.1 Å². The topological polar surface area (TPSA) is 112 Å². The van der Waals surface area contributed by atoms with Crippen LogP contribution in [0, 0.1) is 11.3 Å². The Balaban J connectivity index is 1.54. The molecule has 180 valence electrons. The Bertz CT molecular complexity index is 1510. The van der Waals surface area contributed by atoms with Gasteiger partial charge in [-0.1, -0.05) is 71.7 Å². The molecule has 0 atom stereocenters. The van der Waals surface area contributed by atoms with Crippen molar-refractivity contribution in [2.45, 2.75) is 6.61 Å². The number of nitriles is 1. The maximum Gasteiger partial charge on any atom is 0.270 e. The maximum absolute atomic E-state index is 12.4. The monoisotopic (exact) mass is 519 g/mol.